The van der Waals surface area contributed by atoms with Crippen LogP contribution in [-0.4, -0.2) is 47.5 Å². The van der Waals surface area contributed by atoms with Crippen LogP contribution in [0.4, 0.5) is 13.2 Å². The van der Waals surface area contributed by atoms with Crippen LogP contribution in [0, 0.1) is 5.92 Å². The number of carboxylic acid groups (broad SMARTS) is 1. The minimum atomic E-state index is -5.08. The molecular weight excluding hydrogens is 601 g/mol. The standard InChI is InChI=1S/C28H26N4O4S.C2HF3O2/c33-26-16-25(37(35,36)32-26)19-12-10-17(11-13-19)14-24(27-29-22-8-4-5-9-23(22)30-27)31-28(34)21-15-20(21)18-6-2-1-3-7-18;3-2(4,5)1(6)7/h1-13,20-21,24-25H,14-16H2,(H,29,30)(H,31,34)(H,32,33);(H,6,7)/t20-,21?,24-,25?;/m0./s1. The molecular formula is C30H27F3N4O6S. The summed E-state index contributed by atoms with van der Waals surface area (Å²) in [6, 6.07) is 24.6. The lowest BCUT2D eigenvalue weighted by atomic mass is 10.0. The Bertz CT molecular complexity index is 1760. The molecule has 1 saturated heterocycles. The van der Waals surface area contributed by atoms with E-state index in [-0.39, 0.29) is 30.2 Å². The quantitative estimate of drug-likeness (QED) is 0.238. The van der Waals surface area contributed by atoms with Gasteiger partial charge in [-0.2, -0.15) is 13.2 Å². The Morgan fingerprint density at radius 3 is 2.20 bits per heavy atom. The number of H-pyrrole nitrogens is 1. The minimum Gasteiger partial charge on any atom is -0.475 e. The number of hydrogen-bond acceptors (Lipinski definition) is 6. The predicted octanol–water partition coefficient (Wildman–Crippen LogP) is 4.29. The molecule has 0 bridgehead atoms. The zero-order valence-corrected chi connectivity index (χ0v) is 23.7. The summed E-state index contributed by atoms with van der Waals surface area (Å²) in [5.41, 5.74) is 4.37. The van der Waals surface area contributed by atoms with Gasteiger partial charge in [0, 0.05) is 5.92 Å². The van der Waals surface area contributed by atoms with Gasteiger partial charge >= 0.3 is 12.1 Å². The maximum atomic E-state index is 13.3. The topological polar surface area (TPSA) is 158 Å². The first-order valence-electron chi connectivity index (χ1n) is 13.5. The molecule has 10 nitrogen and oxygen atoms in total. The van der Waals surface area contributed by atoms with Crippen molar-refractivity contribution >= 4 is 38.8 Å². The SMILES string of the molecule is O=C(O)C(F)(F)F.O=C1CC(c2ccc(C[C@H](NC(=O)C3C[C@H]3c3ccccc3)c3nc4ccccc4[nH]3)cc2)S(=O)(=O)N1. The molecule has 2 amide bonds. The number of aromatic nitrogens is 2. The molecule has 2 heterocycles. The van der Waals surface area contributed by atoms with Crippen LogP contribution in [0.3, 0.4) is 0 Å². The van der Waals surface area contributed by atoms with Crippen molar-refractivity contribution in [1.82, 2.24) is 20.0 Å². The van der Waals surface area contributed by atoms with Gasteiger partial charge in [-0.3, -0.25) is 14.3 Å². The van der Waals surface area contributed by atoms with Gasteiger partial charge in [0.1, 0.15) is 11.1 Å². The molecule has 1 aliphatic carbocycles. The molecule has 1 saturated carbocycles. The van der Waals surface area contributed by atoms with Crippen molar-refractivity contribution in [3.8, 4) is 0 Å². The Morgan fingerprint density at radius 1 is 0.977 bits per heavy atom. The van der Waals surface area contributed by atoms with Crippen LogP contribution in [0.15, 0.2) is 78.9 Å². The second-order valence-corrected chi connectivity index (χ2v) is 12.4. The first kappa shape index (κ1) is 30.7. The van der Waals surface area contributed by atoms with Crippen molar-refractivity contribution in [1.29, 1.82) is 0 Å². The van der Waals surface area contributed by atoms with E-state index >= 15 is 0 Å². The van der Waals surface area contributed by atoms with Gasteiger partial charge in [0.15, 0.2) is 0 Å². The first-order chi connectivity index (χ1) is 20.8. The third-order valence-corrected chi connectivity index (χ3v) is 9.14. The molecule has 14 heteroatoms. The number of carbonyl (C=O) groups is 3. The number of nitrogens with zero attached hydrogens (tertiary/aromatic N) is 1. The van der Waals surface area contributed by atoms with E-state index in [1.165, 1.54) is 5.56 Å². The maximum Gasteiger partial charge on any atom is 0.490 e. The number of carboxylic acids is 1. The number of aliphatic carboxylic acids is 1. The number of carbonyl (C=O) groups excluding carboxylic acids is 2. The Kier molecular flexibility index (Phi) is 8.46. The first-order valence-corrected chi connectivity index (χ1v) is 15.1. The number of halogens is 3. The molecule has 4 aromatic rings. The summed E-state index contributed by atoms with van der Waals surface area (Å²) in [7, 11) is -3.70. The normalized spacial score (nSPS) is 21.1. The lowest BCUT2D eigenvalue weighted by molar-refractivity contribution is -0.192. The van der Waals surface area contributed by atoms with Crippen molar-refractivity contribution < 1.29 is 41.1 Å². The van der Waals surface area contributed by atoms with Crippen molar-refractivity contribution in [2.45, 2.75) is 42.6 Å². The lowest BCUT2D eigenvalue weighted by Gasteiger charge is -2.18. The van der Waals surface area contributed by atoms with Gasteiger partial charge in [-0.05, 0) is 47.6 Å². The van der Waals surface area contributed by atoms with Gasteiger partial charge in [0.05, 0.1) is 23.5 Å². The fourth-order valence-corrected chi connectivity index (χ4v) is 6.57. The number of fused-ring (bicyclic) bond motifs is 1. The second-order valence-electron chi connectivity index (χ2n) is 10.6. The fourth-order valence-electron chi connectivity index (χ4n) is 5.14. The monoisotopic (exact) mass is 628 g/mol. The van der Waals surface area contributed by atoms with Gasteiger partial charge in [0.2, 0.25) is 21.8 Å². The third-order valence-electron chi connectivity index (χ3n) is 7.44. The summed E-state index contributed by atoms with van der Waals surface area (Å²) < 4.78 is 58.3. The highest BCUT2D eigenvalue weighted by Gasteiger charge is 2.44. The van der Waals surface area contributed by atoms with Crippen LogP contribution in [0.25, 0.3) is 11.0 Å². The molecule has 1 aromatic heterocycles. The van der Waals surface area contributed by atoms with Gasteiger partial charge in [-0.15, -0.1) is 0 Å². The van der Waals surface area contributed by atoms with Gasteiger partial charge in [-0.25, -0.2) is 18.2 Å². The molecule has 44 heavy (non-hydrogen) atoms. The highest BCUT2D eigenvalue weighted by Crippen LogP contribution is 2.47. The predicted molar refractivity (Wildman–Crippen MR) is 153 cm³/mol. The van der Waals surface area contributed by atoms with Gasteiger partial charge in [0.25, 0.3) is 0 Å². The average molecular weight is 629 g/mol. The van der Waals surface area contributed by atoms with E-state index in [9.17, 15) is 31.2 Å². The number of hydrogen-bond donors (Lipinski definition) is 4. The summed E-state index contributed by atoms with van der Waals surface area (Å²) in [4.78, 5) is 41.8. The Morgan fingerprint density at radius 2 is 1.61 bits per heavy atom. The molecule has 2 unspecified atom stereocenters. The number of rotatable bonds is 7. The summed E-state index contributed by atoms with van der Waals surface area (Å²) in [5.74, 6) is -2.43. The van der Waals surface area contributed by atoms with Gasteiger partial charge in [-0.1, -0.05) is 66.7 Å². The van der Waals surface area contributed by atoms with E-state index in [1.54, 1.807) is 12.1 Å². The highest BCUT2D eigenvalue weighted by molar-refractivity contribution is 7.90. The largest absolute Gasteiger partial charge is 0.490 e. The molecule has 2 fully saturated rings. The number of aromatic amines is 1. The van der Waals surface area contributed by atoms with E-state index in [0.717, 1.165) is 23.0 Å². The number of alkyl halides is 3. The summed E-state index contributed by atoms with van der Waals surface area (Å²) in [6.45, 7) is 0. The number of amides is 2. The van der Waals surface area contributed by atoms with Crippen LogP contribution < -0.4 is 10.0 Å². The third kappa shape index (κ3) is 7.08. The Labute approximate surface area is 249 Å². The highest BCUT2D eigenvalue weighted by atomic mass is 32.2. The van der Waals surface area contributed by atoms with Crippen molar-refractivity contribution in [3.63, 3.8) is 0 Å². The summed E-state index contributed by atoms with van der Waals surface area (Å²) in [5, 5.41) is 9.45. The Balaban J connectivity index is 0.000000493. The zero-order valence-electron chi connectivity index (χ0n) is 22.9. The van der Waals surface area contributed by atoms with Gasteiger partial charge < -0.3 is 15.4 Å². The minimum absolute atomic E-state index is 0.00225. The van der Waals surface area contributed by atoms with Crippen LogP contribution in [0.1, 0.15) is 52.6 Å². The van der Waals surface area contributed by atoms with Crippen LogP contribution in [-0.2, 0) is 30.8 Å². The summed E-state index contributed by atoms with van der Waals surface area (Å²) >= 11 is 0. The number of nitrogens with one attached hydrogen (secondary N) is 3. The van der Waals surface area contributed by atoms with E-state index in [0.29, 0.717) is 17.8 Å². The number of para-hydroxylation sites is 2. The molecule has 0 spiro atoms. The molecule has 6 rings (SSSR count). The maximum absolute atomic E-state index is 13.3. The van der Waals surface area contributed by atoms with E-state index < -0.39 is 33.3 Å². The summed E-state index contributed by atoms with van der Waals surface area (Å²) in [6.07, 6.45) is -3.87. The van der Waals surface area contributed by atoms with Crippen LogP contribution >= 0.6 is 0 Å². The molecule has 0 radical (unpaired) electrons. The van der Waals surface area contributed by atoms with Crippen LogP contribution in [0.5, 0.6) is 0 Å². The van der Waals surface area contributed by atoms with E-state index in [1.807, 2.05) is 59.3 Å². The molecule has 230 valence electrons. The fraction of sp³-hybridized carbons (Fsp3) is 0.267. The zero-order chi connectivity index (χ0) is 31.6. The smallest absolute Gasteiger partial charge is 0.475 e. The second kappa shape index (κ2) is 12.1. The van der Waals surface area contributed by atoms with Crippen molar-refractivity contribution in [2.75, 3.05) is 0 Å². The molecule has 4 N–H and O–H groups in total. The molecule has 2 aliphatic rings. The average Bonchev–Trinajstić information content (AvgIpc) is 3.58. The Hall–Kier alpha value is -4.72. The van der Waals surface area contributed by atoms with E-state index in [4.69, 9.17) is 14.9 Å². The van der Waals surface area contributed by atoms with Crippen molar-refractivity contribution in [3.05, 3.63) is 101 Å². The van der Waals surface area contributed by atoms with E-state index in [2.05, 4.69) is 22.4 Å². The number of benzene rings is 3. The molecule has 3 aromatic carbocycles. The van der Waals surface area contributed by atoms with Crippen LogP contribution in [0.2, 0.25) is 0 Å². The van der Waals surface area contributed by atoms with Crippen molar-refractivity contribution in [2.24, 2.45) is 5.92 Å². The number of imidazole rings is 1. The number of sulfonamides is 1. The molecule has 1 aliphatic heterocycles. The molecule has 4 atom stereocenters. The lowest BCUT2D eigenvalue weighted by Crippen LogP contribution is -2.32.